The maximum Gasteiger partial charge on any atom is 0.0583 e. The van der Waals surface area contributed by atoms with E-state index in [2.05, 4.69) is 20.8 Å². The van der Waals surface area contributed by atoms with Crippen LogP contribution in [0.25, 0.3) is 0 Å². The van der Waals surface area contributed by atoms with Crippen LogP contribution in [0, 0.1) is 6.92 Å². The quantitative estimate of drug-likeness (QED) is 0.683. The van der Waals surface area contributed by atoms with Gasteiger partial charge in [-0.2, -0.15) is 0 Å². The van der Waals surface area contributed by atoms with Gasteiger partial charge in [-0.15, -0.1) is 0 Å². The van der Waals surface area contributed by atoms with E-state index in [9.17, 15) is 0 Å². The fourth-order valence-corrected chi connectivity index (χ4v) is 1.77. The SMILES string of the molecule is CCc1cc(N)c(N)c(CC)c1C. The molecule has 0 saturated carbocycles. The first kappa shape index (κ1) is 9.90. The lowest BCUT2D eigenvalue weighted by Gasteiger charge is -2.14. The summed E-state index contributed by atoms with van der Waals surface area (Å²) in [6.45, 7) is 6.36. The van der Waals surface area contributed by atoms with Crippen molar-refractivity contribution in [3.05, 3.63) is 22.8 Å². The van der Waals surface area contributed by atoms with E-state index < -0.39 is 0 Å². The van der Waals surface area contributed by atoms with Crippen LogP contribution in [0.5, 0.6) is 0 Å². The van der Waals surface area contributed by atoms with Gasteiger partial charge in [0, 0.05) is 0 Å². The molecule has 0 aliphatic heterocycles. The number of nitrogen functional groups attached to an aromatic ring is 2. The van der Waals surface area contributed by atoms with E-state index in [4.69, 9.17) is 11.5 Å². The molecule has 0 saturated heterocycles. The van der Waals surface area contributed by atoms with Crippen LogP contribution in [-0.2, 0) is 12.8 Å². The van der Waals surface area contributed by atoms with E-state index in [0.29, 0.717) is 0 Å². The summed E-state index contributed by atoms with van der Waals surface area (Å²) in [4.78, 5) is 0. The third-order valence-corrected chi connectivity index (χ3v) is 2.63. The molecular weight excluding hydrogens is 160 g/mol. The van der Waals surface area contributed by atoms with Gasteiger partial charge in [0.2, 0.25) is 0 Å². The van der Waals surface area contributed by atoms with Crippen LogP contribution in [0.2, 0.25) is 0 Å². The summed E-state index contributed by atoms with van der Waals surface area (Å²) in [5, 5.41) is 0. The Balaban J connectivity index is 3.39. The van der Waals surface area contributed by atoms with E-state index in [1.807, 2.05) is 6.07 Å². The summed E-state index contributed by atoms with van der Waals surface area (Å²) >= 11 is 0. The van der Waals surface area contributed by atoms with Gasteiger partial charge < -0.3 is 11.5 Å². The monoisotopic (exact) mass is 178 g/mol. The highest BCUT2D eigenvalue weighted by atomic mass is 14.7. The van der Waals surface area contributed by atoms with Crippen LogP contribution >= 0.6 is 0 Å². The molecule has 4 N–H and O–H groups in total. The van der Waals surface area contributed by atoms with Crippen molar-refractivity contribution in [2.24, 2.45) is 0 Å². The lowest BCUT2D eigenvalue weighted by Crippen LogP contribution is -2.04. The van der Waals surface area contributed by atoms with E-state index in [1.165, 1.54) is 16.7 Å². The van der Waals surface area contributed by atoms with Crippen LogP contribution in [-0.4, -0.2) is 0 Å². The molecule has 0 unspecified atom stereocenters. The van der Waals surface area contributed by atoms with Gasteiger partial charge in [-0.05, 0) is 42.5 Å². The summed E-state index contributed by atoms with van der Waals surface area (Å²) in [7, 11) is 0. The van der Waals surface area contributed by atoms with Crippen molar-refractivity contribution in [3.8, 4) is 0 Å². The van der Waals surface area contributed by atoms with Gasteiger partial charge in [0.1, 0.15) is 0 Å². The topological polar surface area (TPSA) is 52.0 Å². The van der Waals surface area contributed by atoms with Crippen LogP contribution in [0.1, 0.15) is 30.5 Å². The molecule has 13 heavy (non-hydrogen) atoms. The first-order chi connectivity index (χ1) is 6.11. The Labute approximate surface area is 79.9 Å². The predicted molar refractivity (Wildman–Crippen MR) is 58.8 cm³/mol. The van der Waals surface area contributed by atoms with E-state index in [1.54, 1.807) is 0 Å². The van der Waals surface area contributed by atoms with Crippen molar-refractivity contribution in [2.45, 2.75) is 33.6 Å². The minimum atomic E-state index is 0.722. The third kappa shape index (κ3) is 1.62. The molecule has 0 fully saturated rings. The maximum atomic E-state index is 5.89. The molecule has 0 aliphatic rings. The second-order valence-corrected chi connectivity index (χ2v) is 3.35. The van der Waals surface area contributed by atoms with Crippen LogP contribution in [0.15, 0.2) is 6.07 Å². The molecule has 0 radical (unpaired) electrons. The number of aryl methyl sites for hydroxylation is 1. The molecule has 0 heterocycles. The minimum absolute atomic E-state index is 0.722. The normalized spacial score (nSPS) is 10.4. The Morgan fingerprint density at radius 2 is 1.77 bits per heavy atom. The Hall–Kier alpha value is -1.18. The Bertz CT molecular complexity index is 316. The van der Waals surface area contributed by atoms with Gasteiger partial charge in [-0.1, -0.05) is 13.8 Å². The third-order valence-electron chi connectivity index (χ3n) is 2.63. The maximum absolute atomic E-state index is 5.89. The lowest BCUT2D eigenvalue weighted by molar-refractivity contribution is 1.05. The zero-order chi connectivity index (χ0) is 10.0. The molecule has 0 aliphatic carbocycles. The molecular formula is C11H18N2. The van der Waals surface area contributed by atoms with Gasteiger partial charge in [-0.3, -0.25) is 0 Å². The average Bonchev–Trinajstić information content (AvgIpc) is 2.12. The molecule has 0 amide bonds. The summed E-state index contributed by atoms with van der Waals surface area (Å²) in [5.74, 6) is 0. The fourth-order valence-electron chi connectivity index (χ4n) is 1.77. The van der Waals surface area contributed by atoms with E-state index in [-0.39, 0.29) is 0 Å². The molecule has 0 bridgehead atoms. The molecule has 1 rings (SSSR count). The summed E-state index contributed by atoms with van der Waals surface area (Å²) in [6, 6.07) is 1.99. The van der Waals surface area contributed by atoms with Crippen LogP contribution in [0.4, 0.5) is 11.4 Å². The number of nitrogens with two attached hydrogens (primary N) is 2. The predicted octanol–water partition coefficient (Wildman–Crippen LogP) is 2.28. The first-order valence-electron chi connectivity index (χ1n) is 4.78. The van der Waals surface area contributed by atoms with Crippen molar-refractivity contribution in [1.82, 2.24) is 0 Å². The van der Waals surface area contributed by atoms with Gasteiger partial charge >= 0.3 is 0 Å². The molecule has 1 aromatic rings. The van der Waals surface area contributed by atoms with Gasteiger partial charge in [-0.25, -0.2) is 0 Å². The summed E-state index contributed by atoms with van der Waals surface area (Å²) in [5.41, 5.74) is 17.0. The Kier molecular flexibility index (Phi) is 2.81. The van der Waals surface area contributed by atoms with Crippen molar-refractivity contribution in [3.63, 3.8) is 0 Å². The van der Waals surface area contributed by atoms with Crippen molar-refractivity contribution >= 4 is 11.4 Å². The smallest absolute Gasteiger partial charge is 0.0583 e. The van der Waals surface area contributed by atoms with E-state index in [0.717, 1.165) is 24.2 Å². The van der Waals surface area contributed by atoms with Gasteiger partial charge in [0.05, 0.1) is 11.4 Å². The average molecular weight is 178 g/mol. The summed E-state index contributed by atoms with van der Waals surface area (Å²) < 4.78 is 0. The Morgan fingerprint density at radius 1 is 1.15 bits per heavy atom. The number of anilines is 2. The van der Waals surface area contributed by atoms with Gasteiger partial charge in [0.25, 0.3) is 0 Å². The standard InChI is InChI=1S/C11H18N2/c1-4-8-6-10(12)11(13)9(5-2)7(8)3/h6H,4-5,12-13H2,1-3H3. The van der Waals surface area contributed by atoms with E-state index >= 15 is 0 Å². The first-order valence-corrected chi connectivity index (χ1v) is 4.78. The number of rotatable bonds is 2. The molecule has 0 spiro atoms. The van der Waals surface area contributed by atoms with Gasteiger partial charge in [0.15, 0.2) is 0 Å². The zero-order valence-electron chi connectivity index (χ0n) is 8.65. The summed E-state index contributed by atoms with van der Waals surface area (Å²) in [6.07, 6.45) is 1.97. The largest absolute Gasteiger partial charge is 0.397 e. The molecule has 1 aromatic carbocycles. The highest BCUT2D eigenvalue weighted by Crippen LogP contribution is 2.27. The van der Waals surface area contributed by atoms with Crippen LogP contribution < -0.4 is 11.5 Å². The van der Waals surface area contributed by atoms with Crippen molar-refractivity contribution < 1.29 is 0 Å². The minimum Gasteiger partial charge on any atom is -0.397 e. The molecule has 72 valence electrons. The van der Waals surface area contributed by atoms with Crippen molar-refractivity contribution in [1.29, 1.82) is 0 Å². The van der Waals surface area contributed by atoms with Crippen molar-refractivity contribution in [2.75, 3.05) is 11.5 Å². The highest BCUT2D eigenvalue weighted by Gasteiger charge is 2.08. The molecule has 0 atom stereocenters. The van der Waals surface area contributed by atoms with Crippen LogP contribution in [0.3, 0.4) is 0 Å². The second kappa shape index (κ2) is 3.69. The zero-order valence-corrected chi connectivity index (χ0v) is 8.65. The fraction of sp³-hybridized carbons (Fsp3) is 0.455. The lowest BCUT2D eigenvalue weighted by atomic mass is 9.96. The molecule has 2 heteroatoms. The number of benzene rings is 1. The Morgan fingerprint density at radius 3 is 2.23 bits per heavy atom. The number of hydrogen-bond donors (Lipinski definition) is 2. The molecule has 0 aromatic heterocycles. The number of hydrogen-bond acceptors (Lipinski definition) is 2. The highest BCUT2D eigenvalue weighted by molar-refractivity contribution is 5.71. The molecule has 2 nitrogen and oxygen atoms in total. The second-order valence-electron chi connectivity index (χ2n) is 3.35.